The molecule has 0 saturated heterocycles. The summed E-state index contributed by atoms with van der Waals surface area (Å²) < 4.78 is 0. The Morgan fingerprint density at radius 3 is 2.62 bits per heavy atom. The highest BCUT2D eigenvalue weighted by Gasteiger charge is 2.08. The third-order valence-corrected chi connectivity index (χ3v) is 2.87. The maximum atomic E-state index is 9.89. The quantitative estimate of drug-likeness (QED) is 0.730. The molecule has 2 heteroatoms. The van der Waals surface area contributed by atoms with E-state index in [9.17, 15) is 5.11 Å². The molecule has 0 heterocycles. The summed E-state index contributed by atoms with van der Waals surface area (Å²) in [5, 5.41) is 9.89. The lowest BCUT2D eigenvalue weighted by Crippen LogP contribution is -1.96. The SMILES string of the molecule is C[Si]Cc1cccc(C(C)C)c1O. The molecule has 0 atom stereocenters. The summed E-state index contributed by atoms with van der Waals surface area (Å²) in [7, 11) is 0.862. The Morgan fingerprint density at radius 2 is 2.08 bits per heavy atom. The highest BCUT2D eigenvalue weighted by Crippen LogP contribution is 2.28. The summed E-state index contributed by atoms with van der Waals surface area (Å²) in [6, 6.07) is 7.04. The van der Waals surface area contributed by atoms with E-state index in [1.54, 1.807) is 0 Å². The Hall–Kier alpha value is -0.763. The topological polar surface area (TPSA) is 20.2 Å². The fraction of sp³-hybridized carbons (Fsp3) is 0.455. The molecule has 0 bridgehead atoms. The van der Waals surface area contributed by atoms with E-state index in [1.807, 2.05) is 18.2 Å². The first kappa shape index (κ1) is 10.3. The normalized spacial score (nSPS) is 10.8. The van der Waals surface area contributed by atoms with E-state index in [4.69, 9.17) is 0 Å². The van der Waals surface area contributed by atoms with Gasteiger partial charge in [0.05, 0.1) is 0 Å². The predicted octanol–water partition coefficient (Wildman–Crippen LogP) is 2.77. The first-order chi connectivity index (χ1) is 6.16. The van der Waals surface area contributed by atoms with Crippen molar-refractivity contribution in [2.24, 2.45) is 0 Å². The summed E-state index contributed by atoms with van der Waals surface area (Å²) in [4.78, 5) is 0. The zero-order chi connectivity index (χ0) is 9.84. The number of benzene rings is 1. The van der Waals surface area contributed by atoms with Crippen LogP contribution in [0.3, 0.4) is 0 Å². The molecule has 0 saturated carbocycles. The van der Waals surface area contributed by atoms with Crippen LogP contribution in [0.15, 0.2) is 18.2 Å². The molecule has 0 fully saturated rings. The molecular weight excluding hydrogens is 176 g/mol. The molecule has 0 aromatic heterocycles. The molecule has 70 valence electrons. The highest BCUT2D eigenvalue weighted by atomic mass is 28.2. The summed E-state index contributed by atoms with van der Waals surface area (Å²) in [5.74, 6) is 0.909. The molecule has 0 aliphatic rings. The number of aromatic hydroxyl groups is 1. The molecule has 1 rings (SSSR count). The molecule has 0 aliphatic carbocycles. The molecule has 0 amide bonds. The van der Waals surface area contributed by atoms with Crippen molar-refractivity contribution in [3.63, 3.8) is 0 Å². The predicted molar refractivity (Wildman–Crippen MR) is 57.5 cm³/mol. The number of phenols is 1. The van der Waals surface area contributed by atoms with Crippen molar-refractivity contribution < 1.29 is 5.11 Å². The molecule has 1 aromatic rings. The molecule has 1 N–H and O–H groups in total. The van der Waals surface area contributed by atoms with Crippen LogP contribution in [0.4, 0.5) is 0 Å². The average molecular weight is 192 g/mol. The van der Waals surface area contributed by atoms with Crippen molar-refractivity contribution >= 4 is 9.52 Å². The Morgan fingerprint density at radius 1 is 1.38 bits per heavy atom. The number of para-hydroxylation sites is 1. The van der Waals surface area contributed by atoms with E-state index in [0.717, 1.165) is 26.7 Å². The minimum Gasteiger partial charge on any atom is -0.507 e. The van der Waals surface area contributed by atoms with Crippen LogP contribution in [-0.4, -0.2) is 14.6 Å². The van der Waals surface area contributed by atoms with Crippen molar-refractivity contribution in [3.05, 3.63) is 29.3 Å². The van der Waals surface area contributed by atoms with Crippen molar-refractivity contribution in [3.8, 4) is 5.75 Å². The molecule has 2 radical (unpaired) electrons. The molecular formula is C11H16OSi. The molecule has 0 unspecified atom stereocenters. The van der Waals surface area contributed by atoms with Crippen molar-refractivity contribution in [2.75, 3.05) is 0 Å². The molecule has 0 aliphatic heterocycles. The van der Waals surface area contributed by atoms with Crippen LogP contribution in [0.2, 0.25) is 6.55 Å². The van der Waals surface area contributed by atoms with Gasteiger partial charge in [0.15, 0.2) is 0 Å². The third kappa shape index (κ3) is 2.34. The minimum absolute atomic E-state index is 0.403. The van der Waals surface area contributed by atoms with Gasteiger partial charge in [0.2, 0.25) is 0 Å². The second-order valence-electron chi connectivity index (χ2n) is 3.54. The van der Waals surface area contributed by atoms with E-state index in [1.165, 1.54) is 0 Å². The van der Waals surface area contributed by atoms with Crippen LogP contribution < -0.4 is 0 Å². The Labute approximate surface area is 82.6 Å². The second kappa shape index (κ2) is 4.47. The Bertz CT molecular complexity index is 281. The first-order valence-corrected chi connectivity index (χ1v) is 6.33. The fourth-order valence-corrected chi connectivity index (χ4v) is 2.08. The lowest BCUT2D eigenvalue weighted by atomic mass is 10.00. The largest absolute Gasteiger partial charge is 0.507 e. The Kier molecular flexibility index (Phi) is 3.55. The molecule has 0 spiro atoms. The van der Waals surface area contributed by atoms with Gasteiger partial charge >= 0.3 is 0 Å². The number of phenolic OH excluding ortho intramolecular Hbond substituents is 1. The summed E-state index contributed by atoms with van der Waals surface area (Å²) >= 11 is 0. The van der Waals surface area contributed by atoms with Crippen LogP contribution in [0, 0.1) is 0 Å². The standard InChI is InChI=1S/C11H16OSi/c1-8(2)10-6-4-5-9(7-13-3)11(10)12/h4-6,8,12H,7H2,1-3H3. The monoisotopic (exact) mass is 192 g/mol. The van der Waals surface area contributed by atoms with Crippen LogP contribution in [0.25, 0.3) is 0 Å². The van der Waals surface area contributed by atoms with Gasteiger partial charge in [-0.1, -0.05) is 38.6 Å². The average Bonchev–Trinajstić information content (AvgIpc) is 2.08. The van der Waals surface area contributed by atoms with Gasteiger partial charge in [-0.25, -0.2) is 0 Å². The first-order valence-electron chi connectivity index (χ1n) is 4.62. The van der Waals surface area contributed by atoms with Gasteiger partial charge in [-0.05, 0) is 23.1 Å². The van der Waals surface area contributed by atoms with Gasteiger partial charge in [-0.15, -0.1) is 0 Å². The van der Waals surface area contributed by atoms with Gasteiger partial charge in [0, 0.05) is 9.52 Å². The van der Waals surface area contributed by atoms with Crippen LogP contribution in [0.5, 0.6) is 5.75 Å². The van der Waals surface area contributed by atoms with Gasteiger partial charge in [-0.2, -0.15) is 0 Å². The van der Waals surface area contributed by atoms with E-state index < -0.39 is 0 Å². The van der Waals surface area contributed by atoms with E-state index in [2.05, 4.69) is 20.4 Å². The smallest absolute Gasteiger partial charge is 0.121 e. The van der Waals surface area contributed by atoms with E-state index in [0.29, 0.717) is 11.7 Å². The van der Waals surface area contributed by atoms with Gasteiger partial charge in [-0.3, -0.25) is 0 Å². The number of rotatable bonds is 3. The van der Waals surface area contributed by atoms with E-state index in [-0.39, 0.29) is 0 Å². The fourth-order valence-electron chi connectivity index (χ4n) is 1.41. The molecule has 1 nitrogen and oxygen atoms in total. The van der Waals surface area contributed by atoms with Crippen LogP contribution in [-0.2, 0) is 6.04 Å². The second-order valence-corrected chi connectivity index (χ2v) is 4.60. The summed E-state index contributed by atoms with van der Waals surface area (Å²) in [6.45, 7) is 6.36. The van der Waals surface area contributed by atoms with Crippen LogP contribution in [0.1, 0.15) is 30.9 Å². The van der Waals surface area contributed by atoms with Gasteiger partial charge in [0.1, 0.15) is 5.75 Å². The Balaban J connectivity index is 3.03. The molecule has 1 aromatic carbocycles. The van der Waals surface area contributed by atoms with Crippen LogP contribution >= 0.6 is 0 Å². The van der Waals surface area contributed by atoms with Gasteiger partial charge < -0.3 is 5.11 Å². The lowest BCUT2D eigenvalue weighted by Gasteiger charge is -2.11. The minimum atomic E-state index is 0.403. The maximum absolute atomic E-state index is 9.89. The molecule has 13 heavy (non-hydrogen) atoms. The lowest BCUT2D eigenvalue weighted by molar-refractivity contribution is 0.460. The zero-order valence-electron chi connectivity index (χ0n) is 8.46. The van der Waals surface area contributed by atoms with Gasteiger partial charge in [0.25, 0.3) is 0 Å². The van der Waals surface area contributed by atoms with Crippen molar-refractivity contribution in [1.29, 1.82) is 0 Å². The number of hydrogen-bond donors (Lipinski definition) is 1. The van der Waals surface area contributed by atoms with Crippen molar-refractivity contribution in [2.45, 2.75) is 32.4 Å². The zero-order valence-corrected chi connectivity index (χ0v) is 9.46. The third-order valence-electron chi connectivity index (χ3n) is 2.14. The highest BCUT2D eigenvalue weighted by molar-refractivity contribution is 6.33. The maximum Gasteiger partial charge on any atom is 0.121 e. The summed E-state index contributed by atoms with van der Waals surface area (Å²) in [5.41, 5.74) is 2.16. The van der Waals surface area contributed by atoms with E-state index >= 15 is 0 Å². The summed E-state index contributed by atoms with van der Waals surface area (Å²) in [6.07, 6.45) is 0. The van der Waals surface area contributed by atoms with Crippen molar-refractivity contribution in [1.82, 2.24) is 0 Å². The number of hydrogen-bond acceptors (Lipinski definition) is 1.